The van der Waals surface area contributed by atoms with Crippen molar-refractivity contribution >= 4 is 11.3 Å². The minimum Gasteiger partial charge on any atom is -0.486 e. The topological polar surface area (TPSA) is 40.5 Å². The van der Waals surface area contributed by atoms with Crippen LogP contribution in [-0.2, 0) is 19.4 Å². The van der Waals surface area contributed by atoms with Crippen LogP contribution >= 0.6 is 11.3 Å². The summed E-state index contributed by atoms with van der Waals surface area (Å²) in [5, 5.41) is 0. The second kappa shape index (κ2) is 5.22. The highest BCUT2D eigenvalue weighted by Crippen LogP contribution is 2.31. The van der Waals surface area contributed by atoms with Crippen LogP contribution in [-0.4, -0.2) is 17.8 Å². The third kappa shape index (κ3) is 2.35. The molecule has 0 radical (unpaired) electrons. The monoisotopic (exact) mass is 303 g/mol. The molecule has 0 spiro atoms. The molecule has 1 aromatic heterocycles. The quantitative estimate of drug-likeness (QED) is 0.856. The maximum Gasteiger partial charge on any atom is 0.307 e. The predicted octanol–water partition coefficient (Wildman–Crippen LogP) is 2.61. The number of fused-ring (bicyclic) bond motifs is 2. The molecule has 0 amide bonds. The fourth-order valence-corrected chi connectivity index (χ4v) is 4.13. The van der Waals surface area contributed by atoms with E-state index in [0.29, 0.717) is 19.8 Å². The number of benzene rings is 1. The Morgan fingerprint density at radius 2 is 1.90 bits per heavy atom. The number of aromatic nitrogens is 1. The number of hydrogen-bond acceptors (Lipinski definition) is 4. The molecule has 0 fully saturated rings. The van der Waals surface area contributed by atoms with Gasteiger partial charge in [-0.3, -0.25) is 9.36 Å². The molecule has 21 heavy (non-hydrogen) atoms. The number of rotatable bonds is 2. The maximum atomic E-state index is 12.2. The average molecular weight is 303 g/mol. The van der Waals surface area contributed by atoms with Crippen LogP contribution in [0.4, 0.5) is 0 Å². The fourth-order valence-electron chi connectivity index (χ4n) is 3.06. The zero-order chi connectivity index (χ0) is 14.2. The van der Waals surface area contributed by atoms with Gasteiger partial charge in [-0.2, -0.15) is 0 Å². The van der Waals surface area contributed by atoms with Crippen molar-refractivity contribution in [2.75, 3.05) is 13.2 Å². The molecule has 0 unspecified atom stereocenters. The smallest absolute Gasteiger partial charge is 0.307 e. The Morgan fingerprint density at radius 3 is 2.81 bits per heavy atom. The molecule has 2 aromatic rings. The first-order valence-electron chi connectivity index (χ1n) is 7.41. The SMILES string of the molecule is O=c1sc2c(n1Cc1ccc3c(c1)OCCO3)CCCC2. The minimum atomic E-state index is 0.164. The Kier molecular flexibility index (Phi) is 3.22. The Balaban J connectivity index is 1.67. The summed E-state index contributed by atoms with van der Waals surface area (Å²) < 4.78 is 13.1. The van der Waals surface area contributed by atoms with Crippen LogP contribution in [0, 0.1) is 0 Å². The van der Waals surface area contributed by atoms with Crippen molar-refractivity contribution in [2.45, 2.75) is 32.2 Å². The van der Waals surface area contributed by atoms with Gasteiger partial charge >= 0.3 is 4.87 Å². The summed E-state index contributed by atoms with van der Waals surface area (Å²) in [4.78, 5) is 13.7. The fraction of sp³-hybridized carbons (Fsp3) is 0.438. The molecular weight excluding hydrogens is 286 g/mol. The van der Waals surface area contributed by atoms with Gasteiger partial charge in [-0.05, 0) is 43.4 Å². The van der Waals surface area contributed by atoms with E-state index in [0.717, 1.165) is 29.9 Å². The van der Waals surface area contributed by atoms with Crippen LogP contribution in [0.5, 0.6) is 11.5 Å². The van der Waals surface area contributed by atoms with Gasteiger partial charge < -0.3 is 9.47 Å². The lowest BCUT2D eigenvalue weighted by molar-refractivity contribution is 0.171. The summed E-state index contributed by atoms with van der Waals surface area (Å²) in [6, 6.07) is 5.95. The van der Waals surface area contributed by atoms with E-state index in [1.165, 1.54) is 34.7 Å². The van der Waals surface area contributed by atoms with E-state index < -0.39 is 0 Å². The second-order valence-electron chi connectivity index (χ2n) is 5.51. The molecule has 0 saturated heterocycles. The van der Waals surface area contributed by atoms with Gasteiger partial charge in [0.25, 0.3) is 0 Å². The molecule has 5 heteroatoms. The summed E-state index contributed by atoms with van der Waals surface area (Å²) in [5.41, 5.74) is 2.33. The van der Waals surface area contributed by atoms with Crippen LogP contribution in [0.2, 0.25) is 0 Å². The van der Waals surface area contributed by atoms with E-state index >= 15 is 0 Å². The number of aryl methyl sites for hydroxylation is 1. The molecule has 1 aliphatic carbocycles. The van der Waals surface area contributed by atoms with Gasteiger partial charge in [0.05, 0.1) is 6.54 Å². The highest BCUT2D eigenvalue weighted by molar-refractivity contribution is 7.09. The zero-order valence-corrected chi connectivity index (χ0v) is 12.6. The molecule has 0 bridgehead atoms. The number of hydrogen-bond donors (Lipinski definition) is 0. The second-order valence-corrected chi connectivity index (χ2v) is 6.56. The van der Waals surface area contributed by atoms with Gasteiger partial charge in [0.1, 0.15) is 13.2 Å². The predicted molar refractivity (Wildman–Crippen MR) is 81.8 cm³/mol. The van der Waals surface area contributed by atoms with E-state index in [1.54, 1.807) is 0 Å². The van der Waals surface area contributed by atoms with Crippen LogP contribution in [0.3, 0.4) is 0 Å². The van der Waals surface area contributed by atoms with Crippen molar-refractivity contribution in [3.05, 3.63) is 44.0 Å². The van der Waals surface area contributed by atoms with E-state index in [9.17, 15) is 4.79 Å². The zero-order valence-electron chi connectivity index (χ0n) is 11.8. The van der Waals surface area contributed by atoms with Crippen LogP contribution < -0.4 is 14.3 Å². The Morgan fingerprint density at radius 1 is 1.10 bits per heavy atom. The van der Waals surface area contributed by atoms with Gasteiger partial charge in [0.15, 0.2) is 11.5 Å². The first kappa shape index (κ1) is 13.0. The van der Waals surface area contributed by atoms with Crippen molar-refractivity contribution in [3.8, 4) is 11.5 Å². The molecule has 2 aliphatic rings. The minimum absolute atomic E-state index is 0.164. The molecule has 1 aliphatic heterocycles. The Bertz CT molecular complexity index is 732. The molecule has 0 N–H and O–H groups in total. The van der Waals surface area contributed by atoms with Crippen molar-refractivity contribution in [1.82, 2.24) is 4.57 Å². The largest absolute Gasteiger partial charge is 0.486 e. The van der Waals surface area contributed by atoms with E-state index in [1.807, 2.05) is 22.8 Å². The van der Waals surface area contributed by atoms with Gasteiger partial charge in [0, 0.05) is 10.6 Å². The average Bonchev–Trinajstić information content (AvgIpc) is 2.83. The highest BCUT2D eigenvalue weighted by Gasteiger charge is 2.19. The molecular formula is C16H17NO3S. The third-order valence-corrected chi connectivity index (χ3v) is 5.17. The summed E-state index contributed by atoms with van der Waals surface area (Å²) in [6.07, 6.45) is 4.48. The number of ether oxygens (including phenoxy) is 2. The van der Waals surface area contributed by atoms with E-state index in [-0.39, 0.29) is 4.87 Å². The van der Waals surface area contributed by atoms with Gasteiger partial charge in [-0.15, -0.1) is 0 Å². The van der Waals surface area contributed by atoms with Gasteiger partial charge in [-0.1, -0.05) is 17.4 Å². The maximum absolute atomic E-state index is 12.2. The number of nitrogens with zero attached hydrogens (tertiary/aromatic N) is 1. The van der Waals surface area contributed by atoms with Crippen molar-refractivity contribution in [2.24, 2.45) is 0 Å². The van der Waals surface area contributed by atoms with Crippen LogP contribution in [0.1, 0.15) is 29.0 Å². The van der Waals surface area contributed by atoms with Gasteiger partial charge in [0.2, 0.25) is 0 Å². The molecule has 4 nitrogen and oxygen atoms in total. The first-order valence-corrected chi connectivity index (χ1v) is 8.23. The lowest BCUT2D eigenvalue weighted by atomic mass is 10.0. The van der Waals surface area contributed by atoms with Gasteiger partial charge in [-0.25, -0.2) is 0 Å². The highest BCUT2D eigenvalue weighted by atomic mass is 32.1. The molecule has 1 aromatic carbocycles. The van der Waals surface area contributed by atoms with Crippen LogP contribution in [0.25, 0.3) is 0 Å². The van der Waals surface area contributed by atoms with Crippen LogP contribution in [0.15, 0.2) is 23.0 Å². The van der Waals surface area contributed by atoms with Crippen molar-refractivity contribution < 1.29 is 9.47 Å². The lowest BCUT2D eigenvalue weighted by Crippen LogP contribution is -2.19. The molecule has 110 valence electrons. The molecule has 0 saturated carbocycles. The third-order valence-electron chi connectivity index (χ3n) is 4.09. The summed E-state index contributed by atoms with van der Waals surface area (Å²) in [5.74, 6) is 1.58. The van der Waals surface area contributed by atoms with Crippen molar-refractivity contribution in [3.63, 3.8) is 0 Å². The number of thiazole rings is 1. The summed E-state index contributed by atoms with van der Waals surface area (Å²) >= 11 is 1.42. The van der Waals surface area contributed by atoms with E-state index in [2.05, 4.69) is 0 Å². The summed E-state index contributed by atoms with van der Waals surface area (Å²) in [7, 11) is 0. The standard InChI is InChI=1S/C16H17NO3S/c18-16-17(12-3-1-2-4-15(12)21-16)10-11-5-6-13-14(9-11)20-8-7-19-13/h5-6,9H,1-4,7-8,10H2. The molecule has 0 atom stereocenters. The van der Waals surface area contributed by atoms with Crippen molar-refractivity contribution in [1.29, 1.82) is 0 Å². The Hall–Kier alpha value is -1.75. The Labute approximate surface area is 126 Å². The lowest BCUT2D eigenvalue weighted by Gasteiger charge is -2.19. The first-order chi connectivity index (χ1) is 10.3. The van der Waals surface area contributed by atoms with E-state index in [4.69, 9.17) is 9.47 Å². The normalized spacial score (nSPS) is 16.6. The summed E-state index contributed by atoms with van der Waals surface area (Å²) in [6.45, 7) is 1.81. The molecule has 2 heterocycles. The molecule has 4 rings (SSSR count).